The number of nitrogens with zero attached hydrogens (tertiary/aromatic N) is 4. The van der Waals surface area contributed by atoms with Gasteiger partial charge in [-0.1, -0.05) is 42.5 Å². The first-order valence-electron chi connectivity index (χ1n) is 13.1. The summed E-state index contributed by atoms with van der Waals surface area (Å²) in [5, 5.41) is 7.36. The van der Waals surface area contributed by atoms with Gasteiger partial charge in [-0.05, 0) is 48.5 Å². The fourth-order valence-electron chi connectivity index (χ4n) is 4.27. The Morgan fingerprint density at radius 2 is 1.72 bits per heavy atom. The van der Waals surface area contributed by atoms with E-state index in [4.69, 9.17) is 4.74 Å². The van der Waals surface area contributed by atoms with E-state index in [9.17, 15) is 22.8 Å². The molecule has 8 nitrogen and oxygen atoms in total. The maximum absolute atomic E-state index is 13.5. The smallest absolute Gasteiger partial charge is 0.416 e. The largest absolute Gasteiger partial charge is 0.483 e. The van der Waals surface area contributed by atoms with Gasteiger partial charge in [0.1, 0.15) is 5.75 Å². The fraction of sp³-hybridized carbons (Fsp3) is 0.125. The Morgan fingerprint density at radius 1 is 0.977 bits per heavy atom. The zero-order valence-electron chi connectivity index (χ0n) is 23.2. The summed E-state index contributed by atoms with van der Waals surface area (Å²) in [6.45, 7) is -0.306. The van der Waals surface area contributed by atoms with Crippen molar-refractivity contribution in [3.63, 3.8) is 0 Å². The third-order valence-corrected chi connectivity index (χ3v) is 6.44. The van der Waals surface area contributed by atoms with Gasteiger partial charge in [0.25, 0.3) is 11.5 Å². The van der Waals surface area contributed by atoms with Crippen LogP contribution in [0.5, 0.6) is 5.75 Å². The molecule has 0 aliphatic carbocycles. The molecule has 0 radical (unpaired) electrons. The number of amides is 1. The van der Waals surface area contributed by atoms with E-state index in [0.29, 0.717) is 22.5 Å². The highest BCUT2D eigenvalue weighted by molar-refractivity contribution is 5.92. The van der Waals surface area contributed by atoms with Gasteiger partial charge >= 0.3 is 6.18 Å². The predicted molar refractivity (Wildman–Crippen MR) is 161 cm³/mol. The van der Waals surface area contributed by atoms with Gasteiger partial charge in [0, 0.05) is 42.7 Å². The van der Waals surface area contributed by atoms with Gasteiger partial charge in [0.15, 0.2) is 12.4 Å². The van der Waals surface area contributed by atoms with Crippen molar-refractivity contribution < 1.29 is 22.7 Å². The topological polar surface area (TPSA) is 88.8 Å². The number of fused-ring (bicyclic) bond motifs is 1. The van der Waals surface area contributed by atoms with Crippen molar-refractivity contribution >= 4 is 34.4 Å². The van der Waals surface area contributed by atoms with Crippen molar-refractivity contribution in [1.82, 2.24) is 9.66 Å². The highest BCUT2D eigenvalue weighted by atomic mass is 19.4. The van der Waals surface area contributed by atoms with Gasteiger partial charge in [-0.3, -0.25) is 9.59 Å². The molecule has 0 aliphatic rings. The summed E-state index contributed by atoms with van der Waals surface area (Å²) in [5.74, 6) is -0.146. The van der Waals surface area contributed by atoms with Gasteiger partial charge in [-0.15, -0.1) is 0 Å². The molecule has 1 amide bonds. The first-order valence-corrected chi connectivity index (χ1v) is 13.1. The Hall–Kier alpha value is -5.45. The molecule has 0 saturated carbocycles. The maximum Gasteiger partial charge on any atom is 0.416 e. The lowest BCUT2D eigenvalue weighted by atomic mass is 10.1. The molecule has 0 fully saturated rings. The van der Waals surface area contributed by atoms with Crippen molar-refractivity contribution in [2.24, 2.45) is 5.10 Å². The number of hydrogen-bond acceptors (Lipinski definition) is 6. The minimum absolute atomic E-state index is 0.0619. The summed E-state index contributed by atoms with van der Waals surface area (Å²) in [7, 11) is 3.69. The van der Waals surface area contributed by atoms with Crippen molar-refractivity contribution in [2.45, 2.75) is 6.18 Å². The van der Waals surface area contributed by atoms with E-state index < -0.39 is 17.3 Å². The van der Waals surface area contributed by atoms with Gasteiger partial charge < -0.3 is 15.0 Å². The zero-order chi connectivity index (χ0) is 30.6. The minimum Gasteiger partial charge on any atom is -0.483 e. The number of halogens is 3. The molecule has 0 aliphatic heterocycles. The van der Waals surface area contributed by atoms with Crippen LogP contribution in [-0.2, 0) is 11.0 Å². The highest BCUT2D eigenvalue weighted by Crippen LogP contribution is 2.32. The number of alkyl halides is 3. The van der Waals surface area contributed by atoms with Gasteiger partial charge in [-0.25, -0.2) is 4.98 Å². The molecule has 0 bridgehead atoms. The molecular weight excluding hydrogens is 559 g/mol. The summed E-state index contributed by atoms with van der Waals surface area (Å²) in [6, 6.07) is 25.2. The molecule has 0 spiro atoms. The van der Waals surface area contributed by atoms with E-state index in [1.807, 2.05) is 25.1 Å². The summed E-state index contributed by atoms with van der Waals surface area (Å²) >= 11 is 0. The lowest BCUT2D eigenvalue weighted by Gasteiger charge is -2.16. The number of anilines is 2. The van der Waals surface area contributed by atoms with Crippen LogP contribution in [0.2, 0.25) is 0 Å². The van der Waals surface area contributed by atoms with Crippen LogP contribution in [0, 0.1) is 0 Å². The number of benzene rings is 4. The van der Waals surface area contributed by atoms with Crippen LogP contribution in [-0.4, -0.2) is 42.5 Å². The second-order valence-electron chi connectivity index (χ2n) is 9.71. The predicted octanol–water partition coefficient (Wildman–Crippen LogP) is 6.05. The van der Waals surface area contributed by atoms with Gasteiger partial charge in [0.05, 0.1) is 22.7 Å². The maximum atomic E-state index is 13.5. The Balaban J connectivity index is 1.54. The van der Waals surface area contributed by atoms with E-state index in [1.54, 1.807) is 66.7 Å². The molecule has 218 valence electrons. The average molecular weight is 586 g/mol. The third-order valence-electron chi connectivity index (χ3n) is 6.44. The molecule has 0 saturated heterocycles. The Bertz CT molecular complexity index is 1870. The molecular formula is C32H26F3N5O3. The molecule has 1 N–H and O–H groups in total. The molecule has 1 aromatic heterocycles. The molecule has 4 aromatic carbocycles. The number of rotatable bonds is 8. The summed E-state index contributed by atoms with van der Waals surface area (Å²) < 4.78 is 47.3. The molecule has 11 heteroatoms. The lowest BCUT2D eigenvalue weighted by molar-refractivity contribution is -0.137. The number of carbonyl (C=O) groups excluding carboxylic acids is 1. The lowest BCUT2D eigenvalue weighted by Crippen LogP contribution is -2.21. The first kappa shape index (κ1) is 29.1. The minimum atomic E-state index is -4.59. The number of carbonyl (C=O) groups is 1. The highest BCUT2D eigenvalue weighted by Gasteiger charge is 2.31. The SMILES string of the molecule is CN(C)c1ccc(C=Nn2c(-c3cccc(C(F)(F)F)c3)nc3ccccc3c2=O)c(OCC(=O)Nc2ccccc2)c1. The van der Waals surface area contributed by atoms with Gasteiger partial charge in [0.2, 0.25) is 0 Å². The van der Waals surface area contributed by atoms with Crippen molar-refractivity contribution in [3.8, 4) is 17.1 Å². The van der Waals surface area contributed by atoms with Gasteiger partial charge in [-0.2, -0.15) is 22.9 Å². The van der Waals surface area contributed by atoms with Crippen LogP contribution in [0.3, 0.4) is 0 Å². The molecule has 5 rings (SSSR count). The van der Waals surface area contributed by atoms with Crippen molar-refractivity contribution in [1.29, 1.82) is 0 Å². The molecule has 0 atom stereocenters. The van der Waals surface area contributed by atoms with Crippen LogP contribution in [0.15, 0.2) is 107 Å². The van der Waals surface area contributed by atoms with E-state index in [2.05, 4.69) is 15.4 Å². The van der Waals surface area contributed by atoms with E-state index in [0.717, 1.165) is 22.5 Å². The molecule has 43 heavy (non-hydrogen) atoms. The van der Waals surface area contributed by atoms with Crippen LogP contribution in [0.4, 0.5) is 24.5 Å². The second kappa shape index (κ2) is 12.2. The number of para-hydroxylation sites is 2. The summed E-state index contributed by atoms with van der Waals surface area (Å²) in [6.07, 6.45) is -3.24. The Morgan fingerprint density at radius 3 is 2.47 bits per heavy atom. The number of hydrogen-bond donors (Lipinski definition) is 1. The van der Waals surface area contributed by atoms with Crippen LogP contribution >= 0.6 is 0 Å². The standard InChI is InChI=1S/C32H26F3N5O3/c1-39(2)25-16-15-22(28(18-25)43-20-29(41)37-24-11-4-3-5-12-24)19-36-40-30(21-9-8-10-23(17-21)32(33,34)35)38-27-14-7-6-13-26(27)31(40)42/h3-19H,20H2,1-2H3,(H,37,41). The van der Waals surface area contributed by atoms with E-state index in [-0.39, 0.29) is 29.3 Å². The molecule has 0 unspecified atom stereocenters. The second-order valence-corrected chi connectivity index (χ2v) is 9.71. The number of aromatic nitrogens is 2. The Kier molecular flexibility index (Phi) is 8.24. The summed E-state index contributed by atoms with van der Waals surface area (Å²) in [5.41, 5.74) is 0.751. The molecule has 1 heterocycles. The fourth-order valence-corrected chi connectivity index (χ4v) is 4.27. The Labute approximate surface area is 244 Å². The van der Waals surface area contributed by atoms with Crippen LogP contribution in [0.1, 0.15) is 11.1 Å². The number of nitrogens with one attached hydrogen (secondary N) is 1. The van der Waals surface area contributed by atoms with Crippen LogP contribution in [0.25, 0.3) is 22.3 Å². The first-order chi connectivity index (χ1) is 20.6. The van der Waals surface area contributed by atoms with Crippen molar-refractivity contribution in [3.05, 3.63) is 119 Å². The third kappa shape index (κ3) is 6.72. The van der Waals surface area contributed by atoms with Crippen LogP contribution < -0.4 is 20.5 Å². The zero-order valence-corrected chi connectivity index (χ0v) is 23.2. The number of ether oxygens (including phenoxy) is 1. The molecule has 5 aromatic rings. The monoisotopic (exact) mass is 585 g/mol. The van der Waals surface area contributed by atoms with Crippen molar-refractivity contribution in [2.75, 3.05) is 30.9 Å². The normalized spacial score (nSPS) is 11.6. The quantitative estimate of drug-likeness (QED) is 0.224. The summed E-state index contributed by atoms with van der Waals surface area (Å²) in [4.78, 5) is 32.4. The van der Waals surface area contributed by atoms with E-state index in [1.165, 1.54) is 18.3 Å². The van der Waals surface area contributed by atoms with E-state index >= 15 is 0 Å². The average Bonchev–Trinajstić information content (AvgIpc) is 3.00.